The molecule has 100 valence electrons. The maximum absolute atomic E-state index is 12.2. The van der Waals surface area contributed by atoms with Gasteiger partial charge in [0.1, 0.15) is 11.5 Å². The molecule has 2 heterocycles. The van der Waals surface area contributed by atoms with E-state index >= 15 is 0 Å². The van der Waals surface area contributed by atoms with Gasteiger partial charge in [-0.1, -0.05) is 0 Å². The highest BCUT2D eigenvalue weighted by atomic mass is 79.9. The van der Waals surface area contributed by atoms with E-state index in [1.165, 1.54) is 6.20 Å². The Hall–Kier alpha value is -1.47. The van der Waals surface area contributed by atoms with Crippen molar-refractivity contribution in [2.45, 2.75) is 6.54 Å². The molecule has 2 aromatic rings. The van der Waals surface area contributed by atoms with Crippen molar-refractivity contribution in [3.05, 3.63) is 38.9 Å². The molecule has 0 saturated heterocycles. The van der Waals surface area contributed by atoms with E-state index in [2.05, 4.69) is 31.2 Å². The molecule has 0 unspecified atom stereocenters. The highest BCUT2D eigenvalue weighted by Crippen LogP contribution is 2.21. The van der Waals surface area contributed by atoms with Crippen LogP contribution in [0.15, 0.2) is 27.6 Å². The molecule has 0 saturated carbocycles. The Morgan fingerprint density at radius 1 is 1.53 bits per heavy atom. The highest BCUT2D eigenvalue weighted by molar-refractivity contribution is 9.11. The summed E-state index contributed by atoms with van der Waals surface area (Å²) in [5.41, 5.74) is 1.43. The Bertz CT molecular complexity index is 587. The van der Waals surface area contributed by atoms with Gasteiger partial charge in [0.25, 0.3) is 5.91 Å². The predicted molar refractivity (Wildman–Crippen MR) is 79.4 cm³/mol. The number of thiophene rings is 1. The van der Waals surface area contributed by atoms with Crippen molar-refractivity contribution >= 4 is 39.0 Å². The van der Waals surface area contributed by atoms with Gasteiger partial charge in [0, 0.05) is 20.6 Å². The molecule has 0 radical (unpaired) electrons. The number of rotatable bonds is 4. The van der Waals surface area contributed by atoms with Gasteiger partial charge in [-0.25, -0.2) is 4.98 Å². The fourth-order valence-corrected chi connectivity index (χ4v) is 2.76. The van der Waals surface area contributed by atoms with E-state index in [1.54, 1.807) is 36.5 Å². The van der Waals surface area contributed by atoms with Gasteiger partial charge in [-0.05, 0) is 32.9 Å². The SMILES string of the molecule is CNc1cncc(C(=O)N(C)Cc2csc(Br)c2)n1. The van der Waals surface area contributed by atoms with Gasteiger partial charge in [0.2, 0.25) is 0 Å². The van der Waals surface area contributed by atoms with Gasteiger partial charge in [-0.3, -0.25) is 9.78 Å². The summed E-state index contributed by atoms with van der Waals surface area (Å²) < 4.78 is 1.06. The second kappa shape index (κ2) is 6.12. The van der Waals surface area contributed by atoms with E-state index in [1.807, 2.05) is 11.4 Å². The number of hydrogen-bond donors (Lipinski definition) is 1. The zero-order chi connectivity index (χ0) is 13.8. The monoisotopic (exact) mass is 340 g/mol. The first kappa shape index (κ1) is 14.0. The largest absolute Gasteiger partial charge is 0.372 e. The average Bonchev–Trinajstić information content (AvgIpc) is 2.83. The number of anilines is 1. The fraction of sp³-hybridized carbons (Fsp3) is 0.250. The summed E-state index contributed by atoms with van der Waals surface area (Å²) >= 11 is 5.01. The normalized spacial score (nSPS) is 10.3. The standard InChI is InChI=1S/C12H13BrN4OS/c1-14-11-5-15-4-9(16-11)12(18)17(2)6-8-3-10(13)19-7-8/h3-5,7H,6H2,1-2H3,(H,14,16). The molecule has 0 bridgehead atoms. The van der Waals surface area contributed by atoms with E-state index in [-0.39, 0.29) is 5.91 Å². The topological polar surface area (TPSA) is 58.1 Å². The molecule has 0 aliphatic heterocycles. The molecule has 1 N–H and O–H groups in total. The Balaban J connectivity index is 2.09. The summed E-state index contributed by atoms with van der Waals surface area (Å²) in [5.74, 6) is 0.435. The average molecular weight is 341 g/mol. The minimum Gasteiger partial charge on any atom is -0.372 e. The van der Waals surface area contributed by atoms with Crippen LogP contribution in [0.3, 0.4) is 0 Å². The lowest BCUT2D eigenvalue weighted by atomic mass is 10.3. The Labute approximate surface area is 123 Å². The molecule has 2 rings (SSSR count). The second-order valence-corrected chi connectivity index (χ2v) is 6.25. The minimum atomic E-state index is -0.146. The summed E-state index contributed by atoms with van der Waals surface area (Å²) in [6.07, 6.45) is 3.05. The van der Waals surface area contributed by atoms with Crippen molar-refractivity contribution in [1.29, 1.82) is 0 Å². The molecular formula is C12H13BrN4OS. The smallest absolute Gasteiger partial charge is 0.274 e. The number of hydrogen-bond acceptors (Lipinski definition) is 5. The van der Waals surface area contributed by atoms with Crippen molar-refractivity contribution in [1.82, 2.24) is 14.9 Å². The number of nitrogens with one attached hydrogen (secondary N) is 1. The van der Waals surface area contributed by atoms with Crippen LogP contribution in [0.1, 0.15) is 16.1 Å². The lowest BCUT2D eigenvalue weighted by Gasteiger charge is -2.15. The third kappa shape index (κ3) is 3.51. The van der Waals surface area contributed by atoms with Crippen LogP contribution in [0.25, 0.3) is 0 Å². The van der Waals surface area contributed by atoms with E-state index < -0.39 is 0 Å². The highest BCUT2D eigenvalue weighted by Gasteiger charge is 2.15. The molecule has 5 nitrogen and oxygen atoms in total. The molecule has 0 spiro atoms. The summed E-state index contributed by atoms with van der Waals surface area (Å²) in [4.78, 5) is 22.0. The lowest BCUT2D eigenvalue weighted by Crippen LogP contribution is -2.27. The zero-order valence-corrected chi connectivity index (χ0v) is 13.0. The third-order valence-electron chi connectivity index (χ3n) is 2.50. The van der Waals surface area contributed by atoms with Gasteiger partial charge in [0.15, 0.2) is 0 Å². The van der Waals surface area contributed by atoms with Gasteiger partial charge < -0.3 is 10.2 Å². The molecule has 19 heavy (non-hydrogen) atoms. The lowest BCUT2D eigenvalue weighted by molar-refractivity contribution is 0.0779. The van der Waals surface area contributed by atoms with E-state index in [4.69, 9.17) is 0 Å². The van der Waals surface area contributed by atoms with E-state index in [9.17, 15) is 4.79 Å². The first-order valence-electron chi connectivity index (χ1n) is 5.58. The number of halogens is 1. The first-order chi connectivity index (χ1) is 9.10. The Kier molecular flexibility index (Phi) is 4.49. The first-order valence-corrected chi connectivity index (χ1v) is 7.25. The molecule has 1 amide bonds. The summed E-state index contributed by atoms with van der Waals surface area (Å²) in [6, 6.07) is 2.00. The Morgan fingerprint density at radius 2 is 2.32 bits per heavy atom. The fourth-order valence-electron chi connectivity index (χ4n) is 1.56. The van der Waals surface area contributed by atoms with Crippen LogP contribution < -0.4 is 5.32 Å². The number of carbonyl (C=O) groups excluding carboxylic acids is 1. The van der Waals surface area contributed by atoms with Crippen LogP contribution in [-0.2, 0) is 6.54 Å². The maximum Gasteiger partial charge on any atom is 0.274 e. The van der Waals surface area contributed by atoms with Crippen LogP contribution >= 0.6 is 27.3 Å². The summed E-state index contributed by atoms with van der Waals surface area (Å²) in [6.45, 7) is 0.548. The molecule has 0 aliphatic carbocycles. The van der Waals surface area contributed by atoms with Crippen LogP contribution in [0.2, 0.25) is 0 Å². The molecule has 7 heteroatoms. The Morgan fingerprint density at radius 3 is 2.95 bits per heavy atom. The molecule has 0 aliphatic rings. The number of amides is 1. The van der Waals surface area contributed by atoms with Gasteiger partial charge in [0.05, 0.1) is 16.2 Å². The quantitative estimate of drug-likeness (QED) is 0.929. The zero-order valence-electron chi connectivity index (χ0n) is 10.6. The van der Waals surface area contributed by atoms with Crippen LogP contribution in [-0.4, -0.2) is 34.9 Å². The molecular weight excluding hydrogens is 328 g/mol. The maximum atomic E-state index is 12.2. The molecule has 0 aromatic carbocycles. The predicted octanol–water partition coefficient (Wildman–Crippen LogP) is 2.61. The number of carbonyl (C=O) groups is 1. The molecule has 0 fully saturated rings. The third-order valence-corrected chi connectivity index (χ3v) is 4.05. The van der Waals surface area contributed by atoms with Gasteiger partial charge in [-0.15, -0.1) is 11.3 Å². The van der Waals surface area contributed by atoms with Crippen LogP contribution in [0, 0.1) is 0 Å². The second-order valence-electron chi connectivity index (χ2n) is 3.96. The van der Waals surface area contributed by atoms with Crippen LogP contribution in [0.5, 0.6) is 0 Å². The van der Waals surface area contributed by atoms with Gasteiger partial charge in [-0.2, -0.15) is 0 Å². The summed E-state index contributed by atoms with van der Waals surface area (Å²) in [7, 11) is 3.49. The van der Waals surface area contributed by atoms with E-state index in [0.717, 1.165) is 9.35 Å². The number of nitrogens with zero attached hydrogens (tertiary/aromatic N) is 3. The van der Waals surface area contributed by atoms with Crippen molar-refractivity contribution in [2.24, 2.45) is 0 Å². The van der Waals surface area contributed by atoms with Crippen LogP contribution in [0.4, 0.5) is 5.82 Å². The minimum absolute atomic E-state index is 0.146. The van der Waals surface area contributed by atoms with E-state index in [0.29, 0.717) is 18.1 Å². The van der Waals surface area contributed by atoms with Gasteiger partial charge >= 0.3 is 0 Å². The molecule has 0 atom stereocenters. The van der Waals surface area contributed by atoms with Crippen molar-refractivity contribution < 1.29 is 4.79 Å². The molecule has 2 aromatic heterocycles. The number of aromatic nitrogens is 2. The van der Waals surface area contributed by atoms with Crippen molar-refractivity contribution in [2.75, 3.05) is 19.4 Å². The van der Waals surface area contributed by atoms with Crippen molar-refractivity contribution in [3.8, 4) is 0 Å². The van der Waals surface area contributed by atoms with Crippen molar-refractivity contribution in [3.63, 3.8) is 0 Å². The summed E-state index contributed by atoms with van der Waals surface area (Å²) in [5, 5.41) is 4.88.